The molecule has 0 radical (unpaired) electrons. The summed E-state index contributed by atoms with van der Waals surface area (Å²) in [6.07, 6.45) is 4.51. The smallest absolute Gasteiger partial charge is 0.455 e. The molecule has 30 heteroatoms. The first kappa shape index (κ1) is 72.4. The summed E-state index contributed by atoms with van der Waals surface area (Å²) in [6.45, 7) is 13.8. The molecule has 11 amide bonds. The lowest BCUT2D eigenvalue weighted by atomic mass is 9.92. The lowest BCUT2D eigenvalue weighted by Crippen LogP contribution is -2.60. The number of phosphoric acid groups is 1. The Morgan fingerprint density at radius 3 is 2.04 bits per heavy atom. The molecule has 1 aromatic heterocycles. The number of carbonyl (C=O) groups excluding carboxylic acids is 11. The van der Waals surface area contributed by atoms with Gasteiger partial charge in [0, 0.05) is 103 Å². The van der Waals surface area contributed by atoms with Gasteiger partial charge in [-0.15, -0.1) is 11.3 Å². The van der Waals surface area contributed by atoms with Crippen LogP contribution in [0.5, 0.6) is 5.75 Å². The molecule has 4 heterocycles. The monoisotopic (exact) mass is 1280 g/mol. The number of likely N-dealkylation sites (N-methyl/N-ethyl adjacent to an activating group) is 3. The van der Waals surface area contributed by atoms with Crippen molar-refractivity contribution in [3.8, 4) is 5.75 Å². The number of imide groups is 1. The average molecular weight is 1290 g/mol. The van der Waals surface area contributed by atoms with Crippen LogP contribution in [0.15, 0.2) is 41.8 Å². The minimum absolute atomic E-state index is 0.0126. The third-order valence-corrected chi connectivity index (χ3v) is 17.7. The van der Waals surface area contributed by atoms with Crippen molar-refractivity contribution in [3.63, 3.8) is 0 Å². The quantitative estimate of drug-likeness (QED) is 0.0246. The van der Waals surface area contributed by atoms with Crippen molar-refractivity contribution in [1.29, 1.82) is 0 Å². The first-order valence-corrected chi connectivity index (χ1v) is 32.6. The fourth-order valence-electron chi connectivity index (χ4n) is 10.9. The van der Waals surface area contributed by atoms with Gasteiger partial charge < -0.3 is 55.9 Å². The van der Waals surface area contributed by atoms with Gasteiger partial charge in [-0.1, -0.05) is 66.5 Å². The number of nitrogens with two attached hydrogens (primary N) is 1. The second kappa shape index (κ2) is 33.5. The van der Waals surface area contributed by atoms with E-state index in [0.29, 0.717) is 18.4 Å². The van der Waals surface area contributed by atoms with E-state index >= 15 is 0 Å². The third kappa shape index (κ3) is 21.1. The van der Waals surface area contributed by atoms with E-state index in [-0.39, 0.29) is 130 Å². The standard InChI is InChI=1S/C59H89N12O16PS/c1-11-37(6)51(65-53(77)43-17-12-13-26-66(43)8)57(80)67(9)44(35(2)3)33-46(86-38(7)72)55-63-42(34-89-55)56(79)68(10)45(32-39-19-21-40(22-20-39)87-88(83,84)85)54(78)62-41(16-14-25-61-59(60)82)52(76)64-50(36(4)5)58(81)70-30-28-69(29-31-70)47(73)18-15-27-71-48(74)23-24-49(71)75/h19-24,34-37,41,43-46,50-51H,11-18,25-33H2,1-10H3,(H,62,78)(H,64,76)(H,65,77)(H3,60,61,82)(H2,83,84,85)/t37-,41-,43+,44+,45-,46+,50-,51-/m0/s1. The number of primary amides is 1. The zero-order chi connectivity index (χ0) is 66.0. The van der Waals surface area contributed by atoms with Gasteiger partial charge in [0.1, 0.15) is 40.6 Å². The summed E-state index contributed by atoms with van der Waals surface area (Å²) in [6, 6.07) is -1.26. The highest BCUT2D eigenvalue weighted by Gasteiger charge is 2.40. The van der Waals surface area contributed by atoms with Crippen molar-refractivity contribution in [1.82, 2.24) is 55.7 Å². The zero-order valence-corrected chi connectivity index (χ0v) is 54.2. The molecule has 8 atom stereocenters. The predicted molar refractivity (Wildman–Crippen MR) is 327 cm³/mol. The van der Waals surface area contributed by atoms with Gasteiger partial charge in [-0.05, 0) is 81.1 Å². The van der Waals surface area contributed by atoms with Crippen LogP contribution >= 0.6 is 19.2 Å². The number of thiazole rings is 1. The van der Waals surface area contributed by atoms with Gasteiger partial charge in [0.05, 0.1) is 6.04 Å². The lowest BCUT2D eigenvalue weighted by Gasteiger charge is -2.38. The molecule has 28 nitrogen and oxygen atoms in total. The van der Waals surface area contributed by atoms with Crippen molar-refractivity contribution in [2.45, 2.75) is 155 Å². The molecule has 492 valence electrons. The van der Waals surface area contributed by atoms with E-state index in [9.17, 15) is 67.1 Å². The van der Waals surface area contributed by atoms with Crippen molar-refractivity contribution in [2.75, 3.05) is 67.0 Å². The van der Waals surface area contributed by atoms with Crippen LogP contribution in [0.3, 0.4) is 0 Å². The van der Waals surface area contributed by atoms with Crippen LogP contribution in [-0.2, 0) is 58.9 Å². The molecule has 0 unspecified atom stereocenters. The van der Waals surface area contributed by atoms with Crippen LogP contribution in [0.4, 0.5) is 4.79 Å². The van der Waals surface area contributed by atoms with E-state index in [1.54, 1.807) is 30.7 Å². The topological polar surface area (TPSA) is 370 Å². The van der Waals surface area contributed by atoms with E-state index in [2.05, 4.69) is 26.3 Å². The Morgan fingerprint density at radius 2 is 1.47 bits per heavy atom. The minimum Gasteiger partial charge on any atom is -0.455 e. The number of piperazine rings is 1. The van der Waals surface area contributed by atoms with Crippen LogP contribution in [0.25, 0.3) is 0 Å². The van der Waals surface area contributed by atoms with Crippen LogP contribution in [0, 0.1) is 17.8 Å². The maximum atomic E-state index is 14.9. The largest absolute Gasteiger partial charge is 0.524 e. The molecule has 2 fully saturated rings. The van der Waals surface area contributed by atoms with Gasteiger partial charge in [-0.2, -0.15) is 0 Å². The highest BCUT2D eigenvalue weighted by Crippen LogP contribution is 2.38. The SMILES string of the molecule is CC[C@H](C)[C@H](NC(=O)[C@H]1CCCCN1C)C(=O)N(C)[C@H](C[C@@H](OC(C)=O)c1nc(C(=O)N(C)[C@@H](Cc2ccc(OP(=O)(O)O)cc2)C(=O)N[C@@H](CCCNC(N)=O)C(=O)N[C@H](C(=O)N2CCN(C(=O)CCCN3C(=O)C=CC3=O)CC2)C(C)C)cs1)C(C)C. The van der Waals surface area contributed by atoms with E-state index in [1.165, 1.54) is 60.7 Å². The number of esters is 1. The van der Waals surface area contributed by atoms with Gasteiger partial charge >= 0.3 is 19.8 Å². The fourth-order valence-corrected chi connectivity index (χ4v) is 12.1. The van der Waals surface area contributed by atoms with Crippen molar-refractivity contribution < 1.29 is 76.4 Å². The summed E-state index contributed by atoms with van der Waals surface area (Å²) in [5.41, 5.74) is 5.54. The molecular weight excluding hydrogens is 1200 g/mol. The van der Waals surface area contributed by atoms with Gasteiger partial charge in [-0.3, -0.25) is 67.5 Å². The molecule has 8 N–H and O–H groups in total. The molecule has 3 aliphatic rings. The summed E-state index contributed by atoms with van der Waals surface area (Å²) in [7, 11) is -0.0971. The maximum absolute atomic E-state index is 14.9. The minimum atomic E-state index is -4.96. The number of phosphoric ester groups is 1. The van der Waals surface area contributed by atoms with Crippen molar-refractivity contribution in [3.05, 3.63) is 58.1 Å². The Balaban J connectivity index is 1.38. The van der Waals surface area contributed by atoms with Crippen LogP contribution in [-0.4, -0.2) is 213 Å². The van der Waals surface area contributed by atoms with Gasteiger partial charge in [0.2, 0.25) is 35.4 Å². The number of benzene rings is 1. The number of hydrogen-bond acceptors (Lipinski definition) is 17. The molecule has 2 aromatic rings. The number of nitrogens with zero attached hydrogens (tertiary/aromatic N) is 7. The summed E-state index contributed by atoms with van der Waals surface area (Å²) >= 11 is 1.00. The number of nitrogens with one attached hydrogen (secondary N) is 4. The predicted octanol–water partition coefficient (Wildman–Crippen LogP) is 2.24. The summed E-state index contributed by atoms with van der Waals surface area (Å²) in [4.78, 5) is 180. The molecule has 0 spiro atoms. The fraction of sp³-hybridized carbons (Fsp3) is 0.627. The normalized spacial score (nSPS) is 17.9. The molecule has 0 bridgehead atoms. The Morgan fingerprint density at radius 1 is 0.831 bits per heavy atom. The first-order valence-electron chi connectivity index (χ1n) is 30.2. The molecule has 5 rings (SSSR count). The molecule has 1 aromatic carbocycles. The molecule has 0 aliphatic carbocycles. The van der Waals surface area contributed by atoms with Gasteiger partial charge in [-0.25, -0.2) is 14.3 Å². The molecule has 2 saturated heterocycles. The highest BCUT2D eigenvalue weighted by molar-refractivity contribution is 7.46. The Labute approximate surface area is 523 Å². The van der Waals surface area contributed by atoms with E-state index in [1.807, 2.05) is 39.6 Å². The molecular formula is C59H89N12O16PS. The molecule has 3 aliphatic heterocycles. The Kier molecular flexibility index (Phi) is 27.2. The van der Waals surface area contributed by atoms with E-state index in [0.717, 1.165) is 40.5 Å². The number of rotatable bonds is 31. The maximum Gasteiger partial charge on any atom is 0.524 e. The number of carbonyl (C=O) groups is 11. The number of urea groups is 1. The first-order chi connectivity index (χ1) is 41.9. The second-order valence-corrected chi connectivity index (χ2v) is 25.6. The van der Waals surface area contributed by atoms with Crippen molar-refractivity contribution in [2.24, 2.45) is 23.5 Å². The summed E-state index contributed by atoms with van der Waals surface area (Å²) in [5.74, 6) is -6.33. The molecule has 0 saturated carbocycles. The summed E-state index contributed by atoms with van der Waals surface area (Å²) < 4.78 is 22.2. The number of likely N-dealkylation sites (tertiary alicyclic amines) is 1. The van der Waals surface area contributed by atoms with Gasteiger partial charge in [0.25, 0.3) is 17.7 Å². The Hall–Kier alpha value is -7.33. The summed E-state index contributed by atoms with van der Waals surface area (Å²) in [5, 5.41) is 12.7. The van der Waals surface area contributed by atoms with Crippen LogP contribution < -0.4 is 31.5 Å². The Bertz CT molecular complexity index is 2910. The second-order valence-electron chi connectivity index (χ2n) is 23.6. The number of hydrogen-bond donors (Lipinski definition) is 7. The molecule has 89 heavy (non-hydrogen) atoms. The average Bonchev–Trinajstić information content (AvgIpc) is 3.18. The number of amides is 11. The highest BCUT2D eigenvalue weighted by atomic mass is 32.1. The van der Waals surface area contributed by atoms with E-state index in [4.69, 9.17) is 15.0 Å². The van der Waals surface area contributed by atoms with E-state index < -0.39 is 97.5 Å². The van der Waals surface area contributed by atoms with Crippen molar-refractivity contribution >= 4 is 84.3 Å². The van der Waals surface area contributed by atoms with Gasteiger partial charge in [0.15, 0.2) is 6.10 Å². The number of piperidine rings is 1. The number of aromatic nitrogens is 1. The van der Waals surface area contributed by atoms with Crippen LogP contribution in [0.1, 0.15) is 133 Å². The third-order valence-electron chi connectivity index (χ3n) is 16.4. The lowest BCUT2D eigenvalue weighted by molar-refractivity contribution is -0.149. The number of ether oxygens (including phenoxy) is 1. The zero-order valence-electron chi connectivity index (χ0n) is 52.5. The van der Waals surface area contributed by atoms with Crippen LogP contribution in [0.2, 0.25) is 0 Å².